The van der Waals surface area contributed by atoms with Crippen LogP contribution in [-0.4, -0.2) is 11.8 Å². The molecule has 1 aliphatic heterocycles. The zero-order valence-corrected chi connectivity index (χ0v) is 6.33. The van der Waals surface area contributed by atoms with Crippen LogP contribution < -0.4 is 5.32 Å². The zero-order chi connectivity index (χ0) is 8.55. The highest BCUT2D eigenvalue weighted by Crippen LogP contribution is 2.18. The van der Waals surface area contributed by atoms with Crippen LogP contribution in [0.3, 0.4) is 0 Å². The van der Waals surface area contributed by atoms with Crippen LogP contribution in [0.1, 0.15) is 6.42 Å². The minimum absolute atomic E-state index is 0.294. The summed E-state index contributed by atoms with van der Waals surface area (Å²) in [6, 6.07) is 0. The summed E-state index contributed by atoms with van der Waals surface area (Å²) >= 11 is 0. The van der Waals surface area contributed by atoms with Crippen LogP contribution in [0.2, 0.25) is 0 Å². The number of hydrogen-bond acceptors (Lipinski definition) is 2. The summed E-state index contributed by atoms with van der Waals surface area (Å²) in [6.45, 7) is 0. The van der Waals surface area contributed by atoms with E-state index in [9.17, 15) is 9.59 Å². The van der Waals surface area contributed by atoms with Gasteiger partial charge < -0.3 is 0 Å². The average Bonchev–Trinajstić information content (AvgIpc) is 2.29. The van der Waals surface area contributed by atoms with Gasteiger partial charge in [-0.15, -0.1) is 0 Å². The van der Waals surface area contributed by atoms with Gasteiger partial charge in [-0.05, 0) is 6.42 Å². The summed E-state index contributed by atoms with van der Waals surface area (Å²) < 4.78 is 0. The first-order valence-electron chi connectivity index (χ1n) is 3.72. The number of carbonyl (C=O) groups excluding carboxylic acids is 2. The van der Waals surface area contributed by atoms with Crippen molar-refractivity contribution in [2.24, 2.45) is 0 Å². The molecule has 3 heteroatoms. The molecule has 12 heavy (non-hydrogen) atoms. The van der Waals surface area contributed by atoms with Crippen LogP contribution in [0.15, 0.2) is 35.5 Å². The molecule has 0 bridgehead atoms. The Morgan fingerprint density at radius 2 is 1.50 bits per heavy atom. The quantitative estimate of drug-likeness (QED) is 0.524. The first-order chi connectivity index (χ1) is 5.79. The molecule has 0 aromatic heterocycles. The Morgan fingerprint density at radius 3 is 2.00 bits per heavy atom. The Morgan fingerprint density at radius 1 is 1.00 bits per heavy atom. The molecule has 0 aromatic carbocycles. The van der Waals surface area contributed by atoms with Crippen LogP contribution >= 0.6 is 0 Å². The van der Waals surface area contributed by atoms with Crippen molar-refractivity contribution in [3.63, 3.8) is 0 Å². The van der Waals surface area contributed by atoms with E-state index in [4.69, 9.17) is 0 Å². The third kappa shape index (κ3) is 0.906. The normalized spacial score (nSPS) is 21.0. The molecule has 0 atom stereocenters. The maximum atomic E-state index is 11.1. The molecule has 0 spiro atoms. The molecule has 0 unspecified atom stereocenters. The Kier molecular flexibility index (Phi) is 1.43. The van der Waals surface area contributed by atoms with E-state index in [1.54, 1.807) is 12.2 Å². The molecule has 1 heterocycles. The number of imide groups is 1. The van der Waals surface area contributed by atoms with Crippen molar-refractivity contribution < 1.29 is 9.59 Å². The fraction of sp³-hybridized carbons (Fsp3) is 0.111. The van der Waals surface area contributed by atoms with Gasteiger partial charge in [-0.3, -0.25) is 14.9 Å². The molecule has 2 rings (SSSR count). The third-order valence-corrected chi connectivity index (χ3v) is 1.85. The molecule has 0 saturated carbocycles. The largest absolute Gasteiger partial charge is 0.288 e. The molecule has 60 valence electrons. The SMILES string of the molecule is O=C1NC(=O)C2=C1C=CCC=C2. The first-order valence-corrected chi connectivity index (χ1v) is 3.72. The van der Waals surface area contributed by atoms with E-state index in [1.807, 2.05) is 12.2 Å². The second kappa shape index (κ2) is 2.44. The topological polar surface area (TPSA) is 46.2 Å². The second-order valence-corrected chi connectivity index (χ2v) is 2.65. The van der Waals surface area contributed by atoms with E-state index in [2.05, 4.69) is 5.32 Å². The molecular weight excluding hydrogens is 154 g/mol. The highest BCUT2D eigenvalue weighted by Gasteiger charge is 2.26. The van der Waals surface area contributed by atoms with E-state index >= 15 is 0 Å². The van der Waals surface area contributed by atoms with Crippen LogP contribution in [0.4, 0.5) is 0 Å². The van der Waals surface area contributed by atoms with Crippen LogP contribution in [-0.2, 0) is 9.59 Å². The Bertz CT molecular complexity index is 316. The lowest BCUT2D eigenvalue weighted by atomic mass is 10.1. The molecule has 0 aromatic rings. The maximum Gasteiger partial charge on any atom is 0.258 e. The maximum absolute atomic E-state index is 11.1. The molecule has 0 radical (unpaired) electrons. The van der Waals surface area contributed by atoms with Gasteiger partial charge in [0.2, 0.25) is 0 Å². The summed E-state index contributed by atoms with van der Waals surface area (Å²) in [5, 5.41) is 2.23. The lowest BCUT2D eigenvalue weighted by Gasteiger charge is -1.88. The summed E-state index contributed by atoms with van der Waals surface area (Å²) in [5.74, 6) is -0.587. The predicted octanol–water partition coefficient (Wildman–Crippen LogP) is 0.455. The smallest absolute Gasteiger partial charge is 0.258 e. The second-order valence-electron chi connectivity index (χ2n) is 2.65. The monoisotopic (exact) mass is 161 g/mol. The van der Waals surface area contributed by atoms with Gasteiger partial charge >= 0.3 is 0 Å². The van der Waals surface area contributed by atoms with Gasteiger partial charge in [0.25, 0.3) is 11.8 Å². The number of allylic oxidation sites excluding steroid dienone is 2. The highest BCUT2D eigenvalue weighted by atomic mass is 16.2. The van der Waals surface area contributed by atoms with E-state index < -0.39 is 0 Å². The standard InChI is InChI=1S/C9H7NO2/c11-8-6-4-2-1-3-5-7(6)9(12)10-8/h2-5H,1H2,(H,10,11,12). The van der Waals surface area contributed by atoms with Gasteiger partial charge in [0.1, 0.15) is 0 Å². The number of rotatable bonds is 0. The van der Waals surface area contributed by atoms with Gasteiger partial charge in [-0.1, -0.05) is 24.3 Å². The van der Waals surface area contributed by atoms with Gasteiger partial charge in [0.05, 0.1) is 11.1 Å². The van der Waals surface area contributed by atoms with Gasteiger partial charge in [0, 0.05) is 0 Å². The zero-order valence-electron chi connectivity index (χ0n) is 6.33. The molecular formula is C9H7NO2. The molecule has 2 amide bonds. The van der Waals surface area contributed by atoms with Gasteiger partial charge in [-0.25, -0.2) is 0 Å². The fourth-order valence-corrected chi connectivity index (χ4v) is 1.26. The number of amides is 2. The molecule has 1 aliphatic carbocycles. The van der Waals surface area contributed by atoms with Gasteiger partial charge in [-0.2, -0.15) is 0 Å². The summed E-state index contributed by atoms with van der Waals surface area (Å²) in [4.78, 5) is 22.2. The Hall–Kier alpha value is -1.64. The molecule has 0 fully saturated rings. The number of nitrogens with one attached hydrogen (secondary N) is 1. The van der Waals surface area contributed by atoms with Crippen LogP contribution in [0.25, 0.3) is 0 Å². The summed E-state index contributed by atoms with van der Waals surface area (Å²) in [6.07, 6.45) is 7.87. The van der Waals surface area contributed by atoms with E-state index in [-0.39, 0.29) is 11.8 Å². The molecule has 1 N–H and O–H groups in total. The highest BCUT2D eigenvalue weighted by molar-refractivity contribution is 6.22. The van der Waals surface area contributed by atoms with Crippen molar-refractivity contribution in [3.8, 4) is 0 Å². The first kappa shape index (κ1) is 7.03. The fourth-order valence-electron chi connectivity index (χ4n) is 1.26. The van der Waals surface area contributed by atoms with E-state index in [0.29, 0.717) is 11.1 Å². The number of carbonyl (C=O) groups is 2. The van der Waals surface area contributed by atoms with Crippen molar-refractivity contribution in [2.45, 2.75) is 6.42 Å². The lowest BCUT2D eigenvalue weighted by molar-refractivity contribution is -0.123. The lowest BCUT2D eigenvalue weighted by Crippen LogP contribution is -2.22. The molecule has 0 saturated heterocycles. The predicted molar refractivity (Wildman–Crippen MR) is 43.1 cm³/mol. The summed E-state index contributed by atoms with van der Waals surface area (Å²) in [7, 11) is 0. The minimum atomic E-state index is -0.294. The van der Waals surface area contributed by atoms with Crippen molar-refractivity contribution in [1.29, 1.82) is 0 Å². The van der Waals surface area contributed by atoms with Crippen LogP contribution in [0.5, 0.6) is 0 Å². The minimum Gasteiger partial charge on any atom is -0.288 e. The van der Waals surface area contributed by atoms with Crippen LogP contribution in [0, 0.1) is 0 Å². The number of hydrogen-bond donors (Lipinski definition) is 1. The third-order valence-electron chi connectivity index (χ3n) is 1.85. The van der Waals surface area contributed by atoms with Crippen molar-refractivity contribution in [3.05, 3.63) is 35.5 Å². The molecule has 3 nitrogen and oxygen atoms in total. The molecule has 2 aliphatic rings. The Balaban J connectivity index is 2.55. The van der Waals surface area contributed by atoms with E-state index in [0.717, 1.165) is 6.42 Å². The average molecular weight is 161 g/mol. The van der Waals surface area contributed by atoms with Crippen molar-refractivity contribution in [2.75, 3.05) is 0 Å². The van der Waals surface area contributed by atoms with E-state index in [1.165, 1.54) is 0 Å². The summed E-state index contributed by atoms with van der Waals surface area (Å²) in [5.41, 5.74) is 0.961. The van der Waals surface area contributed by atoms with Crippen molar-refractivity contribution in [1.82, 2.24) is 5.32 Å². The van der Waals surface area contributed by atoms with Crippen molar-refractivity contribution >= 4 is 11.8 Å². The Labute approximate surface area is 69.5 Å². The van der Waals surface area contributed by atoms with Gasteiger partial charge in [0.15, 0.2) is 0 Å².